The highest BCUT2D eigenvalue weighted by molar-refractivity contribution is 7.93. The first kappa shape index (κ1) is 20.8. The van der Waals surface area contributed by atoms with E-state index < -0.39 is 15.9 Å². The monoisotopic (exact) mass is 407 g/mol. The summed E-state index contributed by atoms with van der Waals surface area (Å²) in [5.41, 5.74) is 4.35. The number of nitrogens with zero attached hydrogens (tertiary/aromatic N) is 1. The molecular weight excluding hydrogens is 382 g/mol. The molecule has 0 atom stereocenters. The predicted octanol–water partition coefficient (Wildman–Crippen LogP) is 5.21. The van der Waals surface area contributed by atoms with Crippen LogP contribution in [0.15, 0.2) is 71.6 Å². The van der Waals surface area contributed by atoms with E-state index in [1.54, 1.807) is 30.3 Å². The van der Waals surface area contributed by atoms with E-state index in [-0.39, 0.29) is 4.90 Å². The number of anilines is 1. The second-order valence-corrected chi connectivity index (χ2v) is 8.97. The SMILES string of the molecule is CCc1ccc(N(C(=O)c2c(C)cc(C)cc2C)S(=O)(=O)c2ccccc2)cc1. The van der Waals surface area contributed by atoms with Crippen molar-refractivity contribution in [3.05, 3.63) is 94.5 Å². The molecule has 0 aliphatic rings. The van der Waals surface area contributed by atoms with Gasteiger partial charge in [-0.15, -0.1) is 0 Å². The van der Waals surface area contributed by atoms with Crippen LogP contribution < -0.4 is 4.31 Å². The minimum atomic E-state index is -4.08. The predicted molar refractivity (Wildman–Crippen MR) is 117 cm³/mol. The topological polar surface area (TPSA) is 54.5 Å². The zero-order valence-electron chi connectivity index (χ0n) is 17.1. The summed E-state index contributed by atoms with van der Waals surface area (Å²) in [6.45, 7) is 7.65. The van der Waals surface area contributed by atoms with Crippen molar-refractivity contribution in [1.82, 2.24) is 0 Å². The number of hydrogen-bond donors (Lipinski definition) is 0. The summed E-state index contributed by atoms with van der Waals surface area (Å²) in [6, 6.07) is 18.9. The molecule has 29 heavy (non-hydrogen) atoms. The lowest BCUT2D eigenvalue weighted by Gasteiger charge is -2.24. The van der Waals surface area contributed by atoms with Crippen LogP contribution in [0.2, 0.25) is 0 Å². The summed E-state index contributed by atoms with van der Waals surface area (Å²) in [5.74, 6) is -0.548. The van der Waals surface area contributed by atoms with Gasteiger partial charge in [-0.05, 0) is 68.1 Å². The second kappa shape index (κ2) is 8.21. The van der Waals surface area contributed by atoms with E-state index >= 15 is 0 Å². The van der Waals surface area contributed by atoms with Crippen molar-refractivity contribution in [3.63, 3.8) is 0 Å². The maximum atomic E-state index is 13.6. The van der Waals surface area contributed by atoms with E-state index in [1.807, 2.05) is 52.0 Å². The smallest absolute Gasteiger partial charge is 0.268 e. The summed E-state index contributed by atoms with van der Waals surface area (Å²) in [7, 11) is -4.08. The van der Waals surface area contributed by atoms with Crippen LogP contribution in [0.4, 0.5) is 5.69 Å². The van der Waals surface area contributed by atoms with Gasteiger partial charge in [-0.2, -0.15) is 4.31 Å². The number of benzene rings is 3. The van der Waals surface area contributed by atoms with Gasteiger partial charge in [0.2, 0.25) is 0 Å². The molecule has 0 fully saturated rings. The van der Waals surface area contributed by atoms with E-state index in [0.717, 1.165) is 33.0 Å². The average Bonchev–Trinajstić information content (AvgIpc) is 2.68. The zero-order chi connectivity index (χ0) is 21.2. The number of hydrogen-bond acceptors (Lipinski definition) is 3. The Bertz CT molecular complexity index is 1110. The van der Waals surface area contributed by atoms with Gasteiger partial charge < -0.3 is 0 Å². The standard InChI is InChI=1S/C24H25NO3S/c1-5-20-11-13-21(14-12-20)25(29(27,28)22-9-7-6-8-10-22)24(26)23-18(3)15-17(2)16-19(23)4/h6-16H,5H2,1-4H3. The lowest BCUT2D eigenvalue weighted by Crippen LogP contribution is -2.37. The van der Waals surface area contributed by atoms with Gasteiger partial charge in [0.25, 0.3) is 15.9 Å². The first-order valence-corrected chi connectivity index (χ1v) is 11.0. The number of amides is 1. The van der Waals surface area contributed by atoms with Crippen molar-refractivity contribution in [2.75, 3.05) is 4.31 Å². The van der Waals surface area contributed by atoms with E-state index in [2.05, 4.69) is 0 Å². The normalized spacial score (nSPS) is 11.3. The Morgan fingerprint density at radius 3 is 1.93 bits per heavy atom. The van der Waals surface area contributed by atoms with E-state index in [9.17, 15) is 13.2 Å². The molecule has 0 N–H and O–H groups in total. The van der Waals surface area contributed by atoms with Crippen LogP contribution in [0.3, 0.4) is 0 Å². The molecular formula is C24H25NO3S. The van der Waals surface area contributed by atoms with Gasteiger partial charge in [0.15, 0.2) is 0 Å². The number of carbonyl (C=O) groups excluding carboxylic acids is 1. The maximum Gasteiger partial charge on any atom is 0.272 e. The first-order chi connectivity index (χ1) is 13.8. The molecule has 3 aromatic rings. The third-order valence-electron chi connectivity index (χ3n) is 4.94. The Balaban J connectivity index is 2.22. The third-order valence-corrected chi connectivity index (χ3v) is 6.66. The quantitative estimate of drug-likeness (QED) is 0.583. The van der Waals surface area contributed by atoms with Crippen LogP contribution in [-0.4, -0.2) is 14.3 Å². The molecule has 0 bridgehead atoms. The maximum absolute atomic E-state index is 13.6. The Labute approximate surface area is 172 Å². The van der Waals surface area contributed by atoms with Crippen LogP contribution in [0, 0.1) is 20.8 Å². The van der Waals surface area contributed by atoms with Gasteiger partial charge in [-0.3, -0.25) is 4.79 Å². The van der Waals surface area contributed by atoms with E-state index in [1.165, 1.54) is 12.1 Å². The molecule has 3 aromatic carbocycles. The van der Waals surface area contributed by atoms with Crippen molar-refractivity contribution in [3.8, 4) is 0 Å². The molecule has 0 spiro atoms. The fourth-order valence-corrected chi connectivity index (χ4v) is 4.97. The van der Waals surface area contributed by atoms with Crippen LogP contribution in [-0.2, 0) is 16.4 Å². The molecule has 4 nitrogen and oxygen atoms in total. The molecule has 0 heterocycles. The summed E-state index contributed by atoms with van der Waals surface area (Å²) in [5, 5.41) is 0. The lowest BCUT2D eigenvalue weighted by atomic mass is 9.99. The molecule has 3 rings (SSSR count). The fourth-order valence-electron chi connectivity index (χ4n) is 3.55. The van der Waals surface area contributed by atoms with Crippen LogP contribution in [0.1, 0.15) is 39.5 Å². The number of rotatable bonds is 5. The van der Waals surface area contributed by atoms with Crippen molar-refractivity contribution in [1.29, 1.82) is 0 Å². The van der Waals surface area contributed by atoms with Crippen molar-refractivity contribution < 1.29 is 13.2 Å². The Morgan fingerprint density at radius 2 is 1.41 bits per heavy atom. The molecule has 150 valence electrons. The molecule has 0 saturated heterocycles. The summed E-state index contributed by atoms with van der Waals surface area (Å²) in [4.78, 5) is 13.7. The van der Waals surface area contributed by atoms with Gasteiger partial charge in [-0.25, -0.2) is 8.42 Å². The molecule has 1 amide bonds. The van der Waals surface area contributed by atoms with E-state index in [4.69, 9.17) is 0 Å². The molecule has 0 radical (unpaired) electrons. The molecule has 5 heteroatoms. The summed E-state index contributed by atoms with van der Waals surface area (Å²) in [6.07, 6.45) is 0.829. The van der Waals surface area contributed by atoms with Gasteiger partial charge >= 0.3 is 0 Å². The van der Waals surface area contributed by atoms with Crippen molar-refractivity contribution >= 4 is 21.6 Å². The highest BCUT2D eigenvalue weighted by Gasteiger charge is 2.33. The molecule has 0 aliphatic heterocycles. The Hall–Kier alpha value is -2.92. The van der Waals surface area contributed by atoms with Crippen molar-refractivity contribution in [2.24, 2.45) is 0 Å². The number of aryl methyl sites for hydroxylation is 4. The minimum absolute atomic E-state index is 0.0790. The second-order valence-electron chi connectivity index (χ2n) is 7.18. The molecule has 0 unspecified atom stereocenters. The minimum Gasteiger partial charge on any atom is -0.268 e. The Morgan fingerprint density at radius 1 is 0.862 bits per heavy atom. The van der Waals surface area contributed by atoms with Gasteiger partial charge in [0.1, 0.15) is 0 Å². The van der Waals surface area contributed by atoms with Gasteiger partial charge in [0, 0.05) is 5.56 Å². The highest BCUT2D eigenvalue weighted by Crippen LogP contribution is 2.29. The summed E-state index contributed by atoms with van der Waals surface area (Å²) >= 11 is 0. The Kier molecular flexibility index (Phi) is 5.89. The number of carbonyl (C=O) groups is 1. The van der Waals surface area contributed by atoms with Crippen LogP contribution in [0.25, 0.3) is 0 Å². The average molecular weight is 408 g/mol. The van der Waals surface area contributed by atoms with Crippen LogP contribution >= 0.6 is 0 Å². The van der Waals surface area contributed by atoms with Crippen molar-refractivity contribution in [2.45, 2.75) is 39.0 Å². The first-order valence-electron chi connectivity index (χ1n) is 9.57. The highest BCUT2D eigenvalue weighted by atomic mass is 32.2. The number of sulfonamides is 1. The molecule has 0 aliphatic carbocycles. The third kappa shape index (κ3) is 4.10. The fraction of sp³-hybridized carbons (Fsp3) is 0.208. The summed E-state index contributed by atoms with van der Waals surface area (Å²) < 4.78 is 27.9. The van der Waals surface area contributed by atoms with Crippen LogP contribution in [0.5, 0.6) is 0 Å². The lowest BCUT2D eigenvalue weighted by molar-refractivity contribution is 0.100. The molecule has 0 saturated carbocycles. The zero-order valence-corrected chi connectivity index (χ0v) is 18.0. The molecule has 0 aromatic heterocycles. The van der Waals surface area contributed by atoms with E-state index in [0.29, 0.717) is 11.3 Å². The largest absolute Gasteiger partial charge is 0.272 e. The van der Waals surface area contributed by atoms with Gasteiger partial charge in [-0.1, -0.05) is 55.0 Å². The van der Waals surface area contributed by atoms with Gasteiger partial charge in [0.05, 0.1) is 10.6 Å².